The van der Waals surface area contributed by atoms with Gasteiger partial charge in [-0.1, -0.05) is 19.3 Å². The summed E-state index contributed by atoms with van der Waals surface area (Å²) in [6, 6.07) is 0. The predicted molar refractivity (Wildman–Crippen MR) is 84.9 cm³/mol. The first kappa shape index (κ1) is 14.8. The number of hydrogen-bond donors (Lipinski definition) is 1. The summed E-state index contributed by atoms with van der Waals surface area (Å²) in [7, 11) is 3.59. The summed E-state index contributed by atoms with van der Waals surface area (Å²) in [5, 5.41) is 7.96. The van der Waals surface area contributed by atoms with Crippen molar-refractivity contribution >= 4 is 5.95 Å². The van der Waals surface area contributed by atoms with E-state index in [1.54, 1.807) is 19.5 Å². The minimum absolute atomic E-state index is 0.600. The van der Waals surface area contributed by atoms with E-state index in [1.165, 1.54) is 43.4 Å². The minimum Gasteiger partial charge on any atom is -0.494 e. The lowest BCUT2D eigenvalue weighted by Gasteiger charge is -2.21. The van der Waals surface area contributed by atoms with E-state index in [4.69, 9.17) is 4.74 Å². The fraction of sp³-hybridized carbons (Fsp3) is 0.562. The van der Waals surface area contributed by atoms with Crippen LogP contribution in [0.5, 0.6) is 5.75 Å². The molecule has 0 aromatic carbocycles. The second kappa shape index (κ2) is 6.77. The Bertz CT molecular complexity index is 601. The lowest BCUT2D eigenvalue weighted by Crippen LogP contribution is -2.10. The second-order valence-electron chi connectivity index (χ2n) is 5.85. The number of nitrogens with zero attached hydrogens (tertiary/aromatic N) is 4. The van der Waals surface area contributed by atoms with Gasteiger partial charge in [0.1, 0.15) is 0 Å². The molecule has 22 heavy (non-hydrogen) atoms. The molecule has 0 saturated heterocycles. The van der Waals surface area contributed by atoms with Crippen LogP contribution in [0.2, 0.25) is 0 Å². The van der Waals surface area contributed by atoms with Gasteiger partial charge in [0, 0.05) is 31.3 Å². The highest BCUT2D eigenvalue weighted by atomic mass is 16.5. The maximum Gasteiger partial charge on any atom is 0.223 e. The van der Waals surface area contributed by atoms with E-state index < -0.39 is 0 Å². The summed E-state index contributed by atoms with van der Waals surface area (Å²) in [6.07, 6.45) is 11.9. The molecule has 1 aliphatic carbocycles. The summed E-state index contributed by atoms with van der Waals surface area (Å²) >= 11 is 0. The molecule has 6 nitrogen and oxygen atoms in total. The normalized spacial score (nSPS) is 15.7. The highest BCUT2D eigenvalue weighted by Gasteiger charge is 2.21. The zero-order chi connectivity index (χ0) is 15.4. The Morgan fingerprint density at radius 3 is 2.64 bits per heavy atom. The van der Waals surface area contributed by atoms with Gasteiger partial charge < -0.3 is 10.1 Å². The smallest absolute Gasteiger partial charge is 0.223 e. The van der Waals surface area contributed by atoms with Crippen molar-refractivity contribution in [1.29, 1.82) is 0 Å². The molecular weight excluding hydrogens is 278 g/mol. The van der Waals surface area contributed by atoms with Crippen LogP contribution in [0.25, 0.3) is 0 Å². The zero-order valence-electron chi connectivity index (χ0n) is 13.2. The fourth-order valence-corrected chi connectivity index (χ4v) is 3.10. The summed E-state index contributed by atoms with van der Waals surface area (Å²) in [5.41, 5.74) is 2.48. The quantitative estimate of drug-likeness (QED) is 0.920. The first-order valence-corrected chi connectivity index (χ1v) is 7.88. The Labute approximate surface area is 130 Å². The molecule has 1 aliphatic rings. The molecule has 118 valence electrons. The Balaban J connectivity index is 1.68. The van der Waals surface area contributed by atoms with E-state index in [2.05, 4.69) is 26.6 Å². The van der Waals surface area contributed by atoms with Crippen LogP contribution in [-0.4, -0.2) is 26.9 Å². The first-order valence-electron chi connectivity index (χ1n) is 7.88. The first-order chi connectivity index (χ1) is 10.8. The Kier molecular flexibility index (Phi) is 4.56. The van der Waals surface area contributed by atoms with Gasteiger partial charge in [0.05, 0.1) is 25.2 Å². The number of anilines is 1. The fourth-order valence-electron chi connectivity index (χ4n) is 3.10. The van der Waals surface area contributed by atoms with E-state index in [-0.39, 0.29) is 0 Å². The van der Waals surface area contributed by atoms with Crippen LogP contribution in [0.1, 0.15) is 49.3 Å². The van der Waals surface area contributed by atoms with Crippen LogP contribution in [0, 0.1) is 0 Å². The third kappa shape index (κ3) is 3.37. The number of rotatable bonds is 5. The molecule has 1 fully saturated rings. The number of nitrogens with one attached hydrogen (secondary N) is 1. The van der Waals surface area contributed by atoms with Gasteiger partial charge in [-0.25, -0.2) is 9.97 Å². The molecule has 0 amide bonds. The van der Waals surface area contributed by atoms with Gasteiger partial charge in [-0.2, -0.15) is 5.10 Å². The van der Waals surface area contributed by atoms with Gasteiger partial charge in [-0.3, -0.25) is 4.68 Å². The molecule has 1 saturated carbocycles. The van der Waals surface area contributed by atoms with Crippen molar-refractivity contribution < 1.29 is 4.74 Å². The van der Waals surface area contributed by atoms with Crippen molar-refractivity contribution in [3.05, 3.63) is 29.8 Å². The maximum absolute atomic E-state index is 5.07. The van der Waals surface area contributed by atoms with Crippen LogP contribution in [-0.2, 0) is 13.6 Å². The summed E-state index contributed by atoms with van der Waals surface area (Å²) in [6.45, 7) is 0.700. The van der Waals surface area contributed by atoms with Crippen molar-refractivity contribution in [3.63, 3.8) is 0 Å². The number of methoxy groups -OCH3 is 1. The monoisotopic (exact) mass is 301 g/mol. The molecule has 0 unspecified atom stereocenters. The Morgan fingerprint density at radius 1 is 1.23 bits per heavy atom. The number of aryl methyl sites for hydroxylation is 1. The lowest BCUT2D eigenvalue weighted by molar-refractivity contribution is 0.411. The van der Waals surface area contributed by atoms with Crippen LogP contribution in [0.4, 0.5) is 5.95 Å². The zero-order valence-corrected chi connectivity index (χ0v) is 13.2. The topological polar surface area (TPSA) is 64.9 Å². The molecule has 0 bridgehead atoms. The highest BCUT2D eigenvalue weighted by molar-refractivity contribution is 5.31. The SMILES string of the molecule is COc1cnc(NCc2cn(C)nc2C2CCCCC2)nc1. The molecule has 0 radical (unpaired) electrons. The average molecular weight is 301 g/mol. The van der Waals surface area contributed by atoms with Crippen molar-refractivity contribution in [2.75, 3.05) is 12.4 Å². The summed E-state index contributed by atoms with van der Waals surface area (Å²) in [4.78, 5) is 8.48. The van der Waals surface area contributed by atoms with Crippen LogP contribution < -0.4 is 10.1 Å². The van der Waals surface area contributed by atoms with Crippen molar-refractivity contribution in [1.82, 2.24) is 19.7 Å². The third-order valence-electron chi connectivity index (χ3n) is 4.23. The highest BCUT2D eigenvalue weighted by Crippen LogP contribution is 2.33. The summed E-state index contributed by atoms with van der Waals surface area (Å²) in [5.74, 6) is 1.87. The van der Waals surface area contributed by atoms with Crippen LogP contribution in [0.15, 0.2) is 18.6 Å². The second-order valence-corrected chi connectivity index (χ2v) is 5.85. The van der Waals surface area contributed by atoms with Crippen molar-refractivity contribution in [2.45, 2.75) is 44.6 Å². The standard InChI is InChI=1S/C16H23N5O/c1-21-11-13(15(20-21)12-6-4-3-5-7-12)8-17-16-18-9-14(22-2)10-19-16/h9-12H,3-8H2,1-2H3,(H,17,18,19). The molecule has 6 heteroatoms. The molecule has 2 aromatic heterocycles. The lowest BCUT2D eigenvalue weighted by atomic mass is 9.85. The van der Waals surface area contributed by atoms with Crippen LogP contribution >= 0.6 is 0 Å². The predicted octanol–water partition coefficient (Wildman–Crippen LogP) is 2.88. The molecule has 0 atom stereocenters. The molecule has 2 heterocycles. The molecule has 3 rings (SSSR count). The molecule has 1 N–H and O–H groups in total. The van der Waals surface area contributed by atoms with Gasteiger partial charge in [-0.05, 0) is 12.8 Å². The minimum atomic E-state index is 0.600. The van der Waals surface area contributed by atoms with E-state index in [9.17, 15) is 0 Å². The van der Waals surface area contributed by atoms with E-state index in [0.717, 1.165) is 0 Å². The van der Waals surface area contributed by atoms with E-state index in [1.807, 2.05) is 11.7 Å². The van der Waals surface area contributed by atoms with E-state index >= 15 is 0 Å². The molecular formula is C16H23N5O. The number of hydrogen-bond acceptors (Lipinski definition) is 5. The van der Waals surface area contributed by atoms with Gasteiger partial charge in [0.15, 0.2) is 5.75 Å². The van der Waals surface area contributed by atoms with Crippen molar-refractivity contribution in [2.24, 2.45) is 7.05 Å². The van der Waals surface area contributed by atoms with Gasteiger partial charge in [0.2, 0.25) is 5.95 Å². The van der Waals surface area contributed by atoms with Crippen LogP contribution in [0.3, 0.4) is 0 Å². The third-order valence-corrected chi connectivity index (χ3v) is 4.23. The largest absolute Gasteiger partial charge is 0.494 e. The number of aromatic nitrogens is 4. The van der Waals surface area contributed by atoms with E-state index in [0.29, 0.717) is 24.2 Å². The van der Waals surface area contributed by atoms with Gasteiger partial charge in [0.25, 0.3) is 0 Å². The molecule has 0 spiro atoms. The van der Waals surface area contributed by atoms with Crippen molar-refractivity contribution in [3.8, 4) is 5.75 Å². The van der Waals surface area contributed by atoms with Gasteiger partial charge in [-0.15, -0.1) is 0 Å². The average Bonchev–Trinajstić information content (AvgIpc) is 2.95. The van der Waals surface area contributed by atoms with Gasteiger partial charge >= 0.3 is 0 Å². The Morgan fingerprint density at radius 2 is 1.95 bits per heavy atom. The Hall–Kier alpha value is -2.11. The molecule has 2 aromatic rings. The summed E-state index contributed by atoms with van der Waals surface area (Å²) < 4.78 is 6.98. The maximum atomic E-state index is 5.07. The number of ether oxygens (including phenoxy) is 1. The molecule has 0 aliphatic heterocycles.